The molecule has 1 N–H and O–H groups in total. The zero-order valence-electron chi connectivity index (χ0n) is 12.7. The van der Waals surface area contributed by atoms with E-state index in [1.807, 2.05) is 20.8 Å². The van der Waals surface area contributed by atoms with Gasteiger partial charge in [-0.05, 0) is 33.6 Å². The first kappa shape index (κ1) is 20.3. The minimum atomic E-state index is -1.73. The van der Waals surface area contributed by atoms with Crippen molar-refractivity contribution < 1.29 is 18.1 Å². The van der Waals surface area contributed by atoms with Gasteiger partial charge in [-0.2, -0.15) is 0 Å². The fourth-order valence-corrected chi connectivity index (χ4v) is 2.01. The van der Waals surface area contributed by atoms with Gasteiger partial charge in [0.2, 0.25) is 0 Å². The molecule has 0 fully saturated rings. The molecule has 0 radical (unpaired) electrons. The first-order chi connectivity index (χ1) is 8.76. The topological polar surface area (TPSA) is 49.0 Å². The summed E-state index contributed by atoms with van der Waals surface area (Å²) in [5.74, 6) is 0. The molecule has 0 unspecified atom stereocenters. The number of hydroxylamine groups is 1. The van der Waals surface area contributed by atoms with Gasteiger partial charge in [-0.15, -0.1) is 0 Å². The normalized spacial score (nSPS) is 10.3. The van der Waals surface area contributed by atoms with Crippen LogP contribution >= 0.6 is 0 Å². The summed E-state index contributed by atoms with van der Waals surface area (Å²) in [6.45, 7) is 13.8. The summed E-state index contributed by atoms with van der Waals surface area (Å²) in [6.07, 6.45) is 2.21. The van der Waals surface area contributed by atoms with Crippen LogP contribution in [0.25, 0.3) is 0 Å². The molecule has 0 rings (SSSR count). The Morgan fingerprint density at radius 3 is 1.61 bits per heavy atom. The lowest BCUT2D eigenvalue weighted by molar-refractivity contribution is 0.0419. The molecule has 0 heterocycles. The lowest BCUT2D eigenvalue weighted by Gasteiger charge is -2.12. The average molecular weight is 281 g/mol. The fourth-order valence-electron chi connectivity index (χ4n) is 0.901. The Balaban J connectivity index is 0. The zero-order valence-corrected chi connectivity index (χ0v) is 13.8. The van der Waals surface area contributed by atoms with E-state index in [9.17, 15) is 0 Å². The van der Waals surface area contributed by atoms with Gasteiger partial charge in [0.15, 0.2) is 0 Å². The summed E-state index contributed by atoms with van der Waals surface area (Å²) in [5.41, 5.74) is 2.84. The van der Waals surface area contributed by atoms with Crippen LogP contribution in [0.5, 0.6) is 0 Å². The van der Waals surface area contributed by atoms with Crippen LogP contribution in [0.4, 0.5) is 0 Å². The third-order valence-electron chi connectivity index (χ3n) is 1.67. The average Bonchev–Trinajstić information content (AvgIpc) is 2.37. The van der Waals surface area contributed by atoms with Crippen molar-refractivity contribution in [1.29, 1.82) is 0 Å². The highest BCUT2D eigenvalue weighted by Crippen LogP contribution is 1.91. The van der Waals surface area contributed by atoms with Crippen LogP contribution in [-0.4, -0.2) is 42.5 Å². The van der Waals surface area contributed by atoms with Crippen molar-refractivity contribution in [2.24, 2.45) is 0 Å². The smallest absolute Gasteiger partial charge is 0.376 e. The van der Waals surface area contributed by atoms with Crippen molar-refractivity contribution in [1.82, 2.24) is 5.48 Å². The first-order valence-electron chi connectivity index (χ1n) is 6.96. The summed E-state index contributed by atoms with van der Waals surface area (Å²) in [7, 11) is -1.73. The van der Waals surface area contributed by atoms with Crippen LogP contribution < -0.4 is 5.48 Å². The van der Waals surface area contributed by atoms with E-state index in [2.05, 4.69) is 19.3 Å². The molecule has 0 spiro atoms. The van der Waals surface area contributed by atoms with Crippen molar-refractivity contribution in [2.45, 2.75) is 47.5 Å². The van der Waals surface area contributed by atoms with E-state index in [4.69, 9.17) is 18.1 Å². The van der Waals surface area contributed by atoms with E-state index in [0.717, 1.165) is 26.0 Å². The second-order valence-electron chi connectivity index (χ2n) is 3.40. The maximum absolute atomic E-state index is 5.22. The van der Waals surface area contributed by atoms with Crippen molar-refractivity contribution in [3.8, 4) is 0 Å². The highest BCUT2D eigenvalue weighted by molar-refractivity contribution is 6.36. The van der Waals surface area contributed by atoms with E-state index in [1.54, 1.807) is 0 Å². The summed E-state index contributed by atoms with van der Waals surface area (Å²) in [6, 6.07) is 0. The van der Waals surface area contributed by atoms with Crippen molar-refractivity contribution in [3.05, 3.63) is 0 Å². The SMILES string of the molecule is CCCNOCCC.CCO[SiH](OCC)OCC. The van der Waals surface area contributed by atoms with Gasteiger partial charge in [-0.25, -0.2) is 5.48 Å². The molecule has 0 aliphatic rings. The van der Waals surface area contributed by atoms with Crippen LogP contribution in [0, 0.1) is 0 Å². The van der Waals surface area contributed by atoms with Gasteiger partial charge in [0.25, 0.3) is 0 Å². The van der Waals surface area contributed by atoms with E-state index >= 15 is 0 Å². The van der Waals surface area contributed by atoms with Crippen LogP contribution in [0.15, 0.2) is 0 Å². The quantitative estimate of drug-likeness (QED) is 0.357. The maximum atomic E-state index is 5.22. The second kappa shape index (κ2) is 19.4. The third-order valence-corrected chi connectivity index (χ3v) is 3.49. The molecule has 0 aromatic carbocycles. The summed E-state index contributed by atoms with van der Waals surface area (Å²) < 4.78 is 15.7. The number of nitrogens with one attached hydrogen (secondary N) is 1. The standard InChI is InChI=1S/C6H15NO.C6H16O3Si/c1-3-5-7-8-6-4-2;1-4-7-10(8-5-2)9-6-3/h7H,3-6H2,1-2H3;10H,4-6H2,1-3H3. The van der Waals surface area contributed by atoms with Crippen LogP contribution in [0.1, 0.15) is 47.5 Å². The van der Waals surface area contributed by atoms with Gasteiger partial charge in [0, 0.05) is 26.4 Å². The molecule has 0 saturated heterocycles. The van der Waals surface area contributed by atoms with Crippen LogP contribution in [0.2, 0.25) is 0 Å². The molecule has 0 bridgehead atoms. The molecule has 0 saturated carbocycles. The molecule has 0 atom stereocenters. The predicted octanol–water partition coefficient (Wildman–Crippen LogP) is 2.14. The van der Waals surface area contributed by atoms with Gasteiger partial charge in [-0.1, -0.05) is 13.8 Å². The minimum Gasteiger partial charge on any atom is -0.376 e. The van der Waals surface area contributed by atoms with Crippen molar-refractivity contribution >= 4 is 9.53 Å². The Morgan fingerprint density at radius 2 is 1.28 bits per heavy atom. The number of hydrogen-bond acceptors (Lipinski definition) is 5. The van der Waals surface area contributed by atoms with Gasteiger partial charge in [-0.3, -0.25) is 0 Å². The van der Waals surface area contributed by atoms with Gasteiger partial charge < -0.3 is 18.1 Å². The first-order valence-corrected chi connectivity index (χ1v) is 8.37. The van der Waals surface area contributed by atoms with E-state index in [0.29, 0.717) is 19.8 Å². The Hall–Kier alpha value is 0.0169. The van der Waals surface area contributed by atoms with Gasteiger partial charge in [0.1, 0.15) is 0 Å². The molecule has 6 heteroatoms. The molecule has 0 aromatic rings. The van der Waals surface area contributed by atoms with Crippen LogP contribution in [0.3, 0.4) is 0 Å². The van der Waals surface area contributed by atoms with Crippen LogP contribution in [-0.2, 0) is 18.1 Å². The number of rotatable bonds is 11. The highest BCUT2D eigenvalue weighted by atomic mass is 28.3. The predicted molar refractivity (Wildman–Crippen MR) is 76.6 cm³/mol. The molecule has 0 aromatic heterocycles. The maximum Gasteiger partial charge on any atom is 0.484 e. The molecule has 0 aliphatic carbocycles. The molecular formula is C12H31NO4Si. The molecule has 5 nitrogen and oxygen atoms in total. The lowest BCUT2D eigenvalue weighted by atomic mass is 10.5. The molecule has 18 heavy (non-hydrogen) atoms. The zero-order chi connectivity index (χ0) is 14.1. The molecular weight excluding hydrogens is 250 g/mol. The fraction of sp³-hybridized carbons (Fsp3) is 1.00. The summed E-state index contributed by atoms with van der Waals surface area (Å²) in [5, 5.41) is 0. The molecule has 0 amide bonds. The second-order valence-corrected chi connectivity index (χ2v) is 4.97. The Morgan fingerprint density at radius 1 is 0.778 bits per heavy atom. The largest absolute Gasteiger partial charge is 0.484 e. The van der Waals surface area contributed by atoms with E-state index in [1.165, 1.54) is 0 Å². The minimum absolute atomic E-state index is 0.677. The Labute approximate surface area is 114 Å². The molecule has 112 valence electrons. The van der Waals surface area contributed by atoms with Crippen molar-refractivity contribution in [2.75, 3.05) is 33.0 Å². The number of hydrogen-bond donors (Lipinski definition) is 1. The lowest BCUT2D eigenvalue weighted by Crippen LogP contribution is -2.27. The summed E-state index contributed by atoms with van der Waals surface area (Å²) in [4.78, 5) is 4.97. The Kier molecular flexibility index (Phi) is 21.9. The van der Waals surface area contributed by atoms with Gasteiger partial charge in [0.05, 0.1) is 6.61 Å². The summed E-state index contributed by atoms with van der Waals surface area (Å²) >= 11 is 0. The Bertz CT molecular complexity index is 121. The monoisotopic (exact) mass is 281 g/mol. The van der Waals surface area contributed by atoms with Gasteiger partial charge >= 0.3 is 9.53 Å². The van der Waals surface area contributed by atoms with E-state index in [-0.39, 0.29) is 0 Å². The molecule has 0 aliphatic heterocycles. The third kappa shape index (κ3) is 18.4. The van der Waals surface area contributed by atoms with Crippen molar-refractivity contribution in [3.63, 3.8) is 0 Å². The highest BCUT2D eigenvalue weighted by Gasteiger charge is 2.11. The van der Waals surface area contributed by atoms with E-state index < -0.39 is 9.53 Å².